The van der Waals surface area contributed by atoms with Gasteiger partial charge in [0, 0.05) is 35.9 Å². The van der Waals surface area contributed by atoms with E-state index in [1.54, 1.807) is 33.7 Å². The van der Waals surface area contributed by atoms with Crippen molar-refractivity contribution in [3.8, 4) is 17.2 Å². The van der Waals surface area contributed by atoms with Crippen molar-refractivity contribution in [2.45, 2.75) is 18.3 Å². The van der Waals surface area contributed by atoms with Gasteiger partial charge in [0.05, 0.1) is 21.3 Å². The lowest BCUT2D eigenvalue weighted by molar-refractivity contribution is 0.344. The highest BCUT2D eigenvalue weighted by Gasteiger charge is 2.39. The van der Waals surface area contributed by atoms with E-state index < -0.39 is 5.41 Å². The second-order valence-corrected chi connectivity index (χ2v) is 7.71. The Balaban J connectivity index is 2.01. The van der Waals surface area contributed by atoms with E-state index in [1.807, 2.05) is 30.3 Å². The third kappa shape index (κ3) is 4.40. The van der Waals surface area contributed by atoms with Crippen LogP contribution in [0.25, 0.3) is 0 Å². The molecule has 0 fully saturated rings. The minimum absolute atomic E-state index is 0.535. The quantitative estimate of drug-likeness (QED) is 0.323. The molecule has 0 aliphatic carbocycles. The lowest BCUT2D eigenvalue weighted by Crippen LogP contribution is -2.31. The second-order valence-electron chi connectivity index (χ2n) is 7.71. The minimum Gasteiger partial charge on any atom is -0.496 e. The largest absolute Gasteiger partial charge is 0.496 e. The molecule has 1 aromatic heterocycles. The summed E-state index contributed by atoms with van der Waals surface area (Å²) < 4.78 is 17.2. The number of hydrogen-bond acceptors (Lipinski definition) is 5. The highest BCUT2D eigenvalue weighted by Crippen LogP contribution is 2.49. The maximum Gasteiger partial charge on any atom is 0.164 e. The summed E-state index contributed by atoms with van der Waals surface area (Å²) in [4.78, 5) is 8.96. The molecule has 0 saturated carbocycles. The van der Waals surface area contributed by atoms with Crippen LogP contribution in [0.15, 0.2) is 91.3 Å². The summed E-state index contributed by atoms with van der Waals surface area (Å²) in [7, 11) is 4.97. The van der Waals surface area contributed by atoms with E-state index in [9.17, 15) is 0 Å². The van der Waals surface area contributed by atoms with Crippen LogP contribution in [-0.2, 0) is 11.8 Å². The van der Waals surface area contributed by atoms with Crippen LogP contribution in [0.3, 0.4) is 0 Å². The molecular weight excluding hydrogens is 412 g/mol. The number of aryl methyl sites for hydroxylation is 1. The zero-order valence-corrected chi connectivity index (χ0v) is 19.2. The Hall–Kier alpha value is -3.86. The van der Waals surface area contributed by atoms with Crippen LogP contribution in [0.1, 0.15) is 28.9 Å². The molecule has 3 aromatic carbocycles. The standard InChI is InChI=1S/C28H28N2O3/c1-31-24-20-26(33-3)25(32-2)19-23(24)28(21-11-6-4-7-12-21,22-13-8-5-9-14-22)16-15-27-29-17-10-18-30-27/h4-14,17-20H,15-16H2,1-3H3. The topological polar surface area (TPSA) is 53.5 Å². The Morgan fingerprint density at radius 2 is 1.15 bits per heavy atom. The van der Waals surface area contributed by atoms with Crippen molar-refractivity contribution in [3.05, 3.63) is 114 Å². The van der Waals surface area contributed by atoms with Gasteiger partial charge < -0.3 is 14.2 Å². The Bertz CT molecular complexity index is 1130. The zero-order valence-electron chi connectivity index (χ0n) is 19.2. The normalized spacial score (nSPS) is 11.1. The van der Waals surface area contributed by atoms with E-state index in [-0.39, 0.29) is 0 Å². The predicted molar refractivity (Wildman–Crippen MR) is 129 cm³/mol. The van der Waals surface area contributed by atoms with E-state index in [4.69, 9.17) is 14.2 Å². The fraction of sp³-hybridized carbons (Fsp3) is 0.214. The van der Waals surface area contributed by atoms with Gasteiger partial charge in [-0.15, -0.1) is 0 Å². The highest BCUT2D eigenvalue weighted by atomic mass is 16.5. The van der Waals surface area contributed by atoms with Crippen molar-refractivity contribution >= 4 is 0 Å². The summed E-state index contributed by atoms with van der Waals surface area (Å²) in [6.45, 7) is 0. The molecule has 4 aromatic rings. The Morgan fingerprint density at radius 1 is 0.636 bits per heavy atom. The Morgan fingerprint density at radius 3 is 1.67 bits per heavy atom. The molecule has 33 heavy (non-hydrogen) atoms. The summed E-state index contributed by atoms with van der Waals surface area (Å²) in [5.41, 5.74) is 2.76. The number of benzene rings is 3. The van der Waals surface area contributed by atoms with Gasteiger partial charge in [-0.1, -0.05) is 60.7 Å². The summed E-state index contributed by atoms with van der Waals surface area (Å²) in [6, 6.07) is 26.8. The van der Waals surface area contributed by atoms with Gasteiger partial charge in [0.1, 0.15) is 11.6 Å². The van der Waals surface area contributed by atoms with Crippen LogP contribution in [0.4, 0.5) is 0 Å². The first-order valence-electron chi connectivity index (χ1n) is 10.9. The molecule has 0 unspecified atom stereocenters. The predicted octanol–water partition coefficient (Wildman–Crippen LogP) is 5.47. The number of aromatic nitrogens is 2. The molecule has 0 N–H and O–H groups in total. The number of ether oxygens (including phenoxy) is 3. The average Bonchev–Trinajstić information content (AvgIpc) is 2.90. The van der Waals surface area contributed by atoms with Crippen LogP contribution in [0.5, 0.6) is 17.2 Å². The van der Waals surface area contributed by atoms with E-state index in [0.717, 1.165) is 34.7 Å². The molecule has 1 heterocycles. The van der Waals surface area contributed by atoms with E-state index in [2.05, 4.69) is 58.5 Å². The van der Waals surface area contributed by atoms with Crippen molar-refractivity contribution < 1.29 is 14.2 Å². The van der Waals surface area contributed by atoms with Crippen molar-refractivity contribution in [3.63, 3.8) is 0 Å². The summed E-state index contributed by atoms with van der Waals surface area (Å²) >= 11 is 0. The molecule has 0 bridgehead atoms. The second kappa shape index (κ2) is 10.2. The molecular formula is C28H28N2O3. The van der Waals surface area contributed by atoms with Gasteiger partial charge in [-0.25, -0.2) is 9.97 Å². The molecule has 0 atom stereocenters. The summed E-state index contributed by atoms with van der Waals surface area (Å²) in [5.74, 6) is 2.81. The first kappa shape index (κ1) is 22.3. The molecule has 0 spiro atoms. The zero-order chi connectivity index (χ0) is 23.1. The number of hydrogen-bond donors (Lipinski definition) is 0. The summed E-state index contributed by atoms with van der Waals surface area (Å²) in [5, 5.41) is 0. The first-order chi connectivity index (χ1) is 16.2. The number of nitrogens with zero attached hydrogens (tertiary/aromatic N) is 2. The molecule has 4 rings (SSSR count). The van der Waals surface area contributed by atoms with E-state index >= 15 is 0 Å². The SMILES string of the molecule is COc1cc(OC)c(C(CCc2ncccn2)(c2ccccc2)c2ccccc2)cc1OC. The maximum absolute atomic E-state index is 5.92. The fourth-order valence-electron chi connectivity index (χ4n) is 4.47. The molecule has 0 aliphatic heterocycles. The van der Waals surface area contributed by atoms with Gasteiger partial charge in [0.2, 0.25) is 0 Å². The monoisotopic (exact) mass is 440 g/mol. The summed E-state index contributed by atoms with van der Waals surface area (Å²) in [6.07, 6.45) is 4.98. The molecule has 5 nitrogen and oxygen atoms in total. The molecule has 0 aliphatic rings. The first-order valence-corrected chi connectivity index (χ1v) is 10.9. The van der Waals surface area contributed by atoms with E-state index in [0.29, 0.717) is 17.9 Å². The Labute approximate surface area is 195 Å². The molecule has 168 valence electrons. The van der Waals surface area contributed by atoms with Crippen molar-refractivity contribution in [2.75, 3.05) is 21.3 Å². The lowest BCUT2D eigenvalue weighted by atomic mass is 9.66. The van der Waals surface area contributed by atoms with Crippen molar-refractivity contribution in [2.24, 2.45) is 0 Å². The van der Waals surface area contributed by atoms with Crippen LogP contribution in [-0.4, -0.2) is 31.3 Å². The van der Waals surface area contributed by atoms with Crippen molar-refractivity contribution in [1.82, 2.24) is 9.97 Å². The minimum atomic E-state index is -0.535. The average molecular weight is 441 g/mol. The number of methoxy groups -OCH3 is 3. The highest BCUT2D eigenvalue weighted by molar-refractivity contribution is 5.60. The lowest BCUT2D eigenvalue weighted by Gasteiger charge is -2.37. The van der Waals surface area contributed by atoms with Gasteiger partial charge in [0.25, 0.3) is 0 Å². The van der Waals surface area contributed by atoms with Gasteiger partial charge in [-0.2, -0.15) is 0 Å². The molecule has 5 heteroatoms. The van der Waals surface area contributed by atoms with Gasteiger partial charge in [0.15, 0.2) is 11.5 Å². The molecule has 0 radical (unpaired) electrons. The van der Waals surface area contributed by atoms with Gasteiger partial charge in [-0.05, 0) is 29.7 Å². The van der Waals surface area contributed by atoms with Gasteiger partial charge in [-0.3, -0.25) is 0 Å². The molecule has 0 amide bonds. The van der Waals surface area contributed by atoms with Crippen LogP contribution in [0.2, 0.25) is 0 Å². The molecule has 0 saturated heterocycles. The van der Waals surface area contributed by atoms with E-state index in [1.165, 1.54) is 0 Å². The Kier molecular flexibility index (Phi) is 6.89. The van der Waals surface area contributed by atoms with Crippen LogP contribution >= 0.6 is 0 Å². The van der Waals surface area contributed by atoms with Crippen molar-refractivity contribution in [1.29, 1.82) is 0 Å². The third-order valence-corrected chi connectivity index (χ3v) is 6.04. The number of rotatable bonds is 9. The fourth-order valence-corrected chi connectivity index (χ4v) is 4.47. The van der Waals surface area contributed by atoms with Crippen LogP contribution in [0, 0.1) is 0 Å². The van der Waals surface area contributed by atoms with Crippen LogP contribution < -0.4 is 14.2 Å². The third-order valence-electron chi connectivity index (χ3n) is 6.04. The smallest absolute Gasteiger partial charge is 0.164 e. The van der Waals surface area contributed by atoms with Gasteiger partial charge >= 0.3 is 0 Å². The maximum atomic E-state index is 5.92.